The fraction of sp³-hybridized carbons (Fsp3) is 0.381. The number of aryl methyl sites for hydroxylation is 2. The summed E-state index contributed by atoms with van der Waals surface area (Å²) in [6, 6.07) is 11.9. The van der Waals surface area contributed by atoms with Crippen LogP contribution in [0.15, 0.2) is 51.5 Å². The van der Waals surface area contributed by atoms with Crippen LogP contribution < -0.4 is 4.74 Å². The smallest absolute Gasteiger partial charge is 0.263 e. The maximum Gasteiger partial charge on any atom is 0.263 e. The third kappa shape index (κ3) is 3.68. The Labute approximate surface area is 153 Å². The monoisotopic (exact) mass is 352 g/mol. The Morgan fingerprint density at radius 1 is 1.12 bits per heavy atom. The zero-order chi connectivity index (χ0) is 17.9. The number of ether oxygens (including phenoxy) is 1. The summed E-state index contributed by atoms with van der Waals surface area (Å²) in [6.45, 7) is 6.85. The average molecular weight is 352 g/mol. The fourth-order valence-corrected chi connectivity index (χ4v) is 3.35. The summed E-state index contributed by atoms with van der Waals surface area (Å²) in [5.74, 6) is 3.08. The molecule has 4 rings (SSSR count). The van der Waals surface area contributed by atoms with Crippen molar-refractivity contribution < 1.29 is 13.6 Å². The summed E-state index contributed by atoms with van der Waals surface area (Å²) < 4.78 is 17.3. The molecule has 1 saturated heterocycles. The van der Waals surface area contributed by atoms with Gasteiger partial charge >= 0.3 is 0 Å². The lowest BCUT2D eigenvalue weighted by molar-refractivity contribution is 0.0954. The van der Waals surface area contributed by atoms with E-state index in [9.17, 15) is 0 Å². The van der Waals surface area contributed by atoms with E-state index in [1.165, 1.54) is 5.56 Å². The molecule has 136 valence electrons. The van der Waals surface area contributed by atoms with Crippen LogP contribution in [0.5, 0.6) is 5.75 Å². The van der Waals surface area contributed by atoms with Gasteiger partial charge in [0.25, 0.3) is 5.89 Å². The van der Waals surface area contributed by atoms with Gasteiger partial charge in [0.1, 0.15) is 17.6 Å². The molecule has 3 aromatic rings. The Hall–Kier alpha value is -2.53. The molecule has 1 fully saturated rings. The molecular weight excluding hydrogens is 328 g/mol. The molecule has 0 saturated carbocycles. The van der Waals surface area contributed by atoms with E-state index in [2.05, 4.69) is 28.9 Å². The normalized spacial score (nSPS) is 16.1. The number of rotatable bonds is 5. The molecule has 5 nitrogen and oxygen atoms in total. The summed E-state index contributed by atoms with van der Waals surface area (Å²) in [7, 11) is 0. The molecule has 0 N–H and O–H groups in total. The van der Waals surface area contributed by atoms with Crippen LogP contribution in [0.1, 0.15) is 29.9 Å². The van der Waals surface area contributed by atoms with Crippen molar-refractivity contribution in [2.75, 3.05) is 13.1 Å². The van der Waals surface area contributed by atoms with Crippen LogP contribution in [-0.4, -0.2) is 29.1 Å². The molecule has 26 heavy (non-hydrogen) atoms. The predicted molar refractivity (Wildman–Crippen MR) is 99.0 cm³/mol. The summed E-state index contributed by atoms with van der Waals surface area (Å²) in [5.41, 5.74) is 2.17. The van der Waals surface area contributed by atoms with Crippen LogP contribution in [0.3, 0.4) is 0 Å². The number of likely N-dealkylation sites (tertiary alicyclic amines) is 1. The number of aromatic nitrogens is 1. The third-order valence-electron chi connectivity index (χ3n) is 4.92. The molecule has 0 unspecified atom stereocenters. The number of furan rings is 1. The Bertz CT molecular complexity index is 846. The Morgan fingerprint density at radius 2 is 1.92 bits per heavy atom. The van der Waals surface area contributed by atoms with Crippen molar-refractivity contribution in [1.82, 2.24) is 9.88 Å². The number of piperidine rings is 1. The number of hydrogen-bond donors (Lipinski definition) is 0. The van der Waals surface area contributed by atoms with Gasteiger partial charge in [0, 0.05) is 19.6 Å². The first-order valence-electron chi connectivity index (χ1n) is 9.14. The van der Waals surface area contributed by atoms with Gasteiger partial charge in [0.15, 0.2) is 5.76 Å². The minimum absolute atomic E-state index is 0.282. The van der Waals surface area contributed by atoms with Crippen LogP contribution in [0.2, 0.25) is 0 Å². The maximum absolute atomic E-state index is 6.19. The zero-order valence-electron chi connectivity index (χ0n) is 15.3. The van der Waals surface area contributed by atoms with Gasteiger partial charge in [-0.25, -0.2) is 4.98 Å². The number of oxazole rings is 1. The van der Waals surface area contributed by atoms with E-state index >= 15 is 0 Å². The van der Waals surface area contributed by atoms with Crippen molar-refractivity contribution in [3.05, 3.63) is 59.7 Å². The Balaban J connectivity index is 1.34. The summed E-state index contributed by atoms with van der Waals surface area (Å²) in [5, 5.41) is 0. The first kappa shape index (κ1) is 16.9. The molecule has 0 atom stereocenters. The van der Waals surface area contributed by atoms with Gasteiger partial charge in [-0.2, -0.15) is 0 Å². The van der Waals surface area contributed by atoms with E-state index in [0.717, 1.165) is 49.7 Å². The van der Waals surface area contributed by atoms with Gasteiger partial charge in [0.05, 0.1) is 12.0 Å². The number of para-hydroxylation sites is 1. The van der Waals surface area contributed by atoms with Crippen molar-refractivity contribution in [2.45, 2.75) is 39.3 Å². The van der Waals surface area contributed by atoms with Gasteiger partial charge < -0.3 is 13.6 Å². The molecule has 0 aliphatic carbocycles. The lowest BCUT2D eigenvalue weighted by Crippen LogP contribution is -2.38. The van der Waals surface area contributed by atoms with E-state index in [1.807, 2.05) is 31.2 Å². The second kappa shape index (κ2) is 7.38. The maximum atomic E-state index is 6.19. The molecule has 1 aromatic carbocycles. The summed E-state index contributed by atoms with van der Waals surface area (Å²) >= 11 is 0. The Kier molecular flexibility index (Phi) is 4.80. The van der Waals surface area contributed by atoms with Gasteiger partial charge in [-0.3, -0.25) is 4.90 Å². The highest BCUT2D eigenvalue weighted by molar-refractivity contribution is 5.44. The fourth-order valence-electron chi connectivity index (χ4n) is 3.35. The van der Waals surface area contributed by atoms with Gasteiger partial charge in [-0.05, 0) is 50.5 Å². The minimum Gasteiger partial charge on any atom is -0.490 e. The lowest BCUT2D eigenvalue weighted by Gasteiger charge is -2.32. The van der Waals surface area contributed by atoms with E-state index < -0.39 is 0 Å². The molecular formula is C21H24N2O3. The van der Waals surface area contributed by atoms with Crippen molar-refractivity contribution in [1.29, 1.82) is 0 Å². The van der Waals surface area contributed by atoms with Crippen LogP contribution in [0.4, 0.5) is 0 Å². The topological polar surface area (TPSA) is 51.6 Å². The van der Waals surface area contributed by atoms with E-state index in [1.54, 1.807) is 6.26 Å². The highest BCUT2D eigenvalue weighted by Crippen LogP contribution is 2.25. The second-order valence-electron chi connectivity index (χ2n) is 6.86. The molecule has 2 aromatic heterocycles. The second-order valence-corrected chi connectivity index (χ2v) is 6.86. The minimum atomic E-state index is 0.282. The number of benzene rings is 1. The van der Waals surface area contributed by atoms with Gasteiger partial charge in [0.2, 0.25) is 0 Å². The molecule has 5 heteroatoms. The molecule has 0 bridgehead atoms. The predicted octanol–water partition coefficient (Wildman–Crippen LogP) is 4.59. The molecule has 0 radical (unpaired) electrons. The summed E-state index contributed by atoms with van der Waals surface area (Å²) in [4.78, 5) is 7.02. The standard InChI is InChI=1S/C21H24N2O3/c1-15-6-3-4-7-19(15)26-17-9-11-23(12-10-17)14-18-16(2)25-21(22-18)20-8-5-13-24-20/h3-8,13,17H,9-12,14H2,1-2H3. The van der Waals surface area contributed by atoms with Crippen molar-refractivity contribution >= 4 is 0 Å². The number of nitrogens with zero attached hydrogens (tertiary/aromatic N) is 2. The molecule has 0 amide bonds. The highest BCUT2D eigenvalue weighted by Gasteiger charge is 2.23. The van der Waals surface area contributed by atoms with Crippen LogP contribution in [0.25, 0.3) is 11.7 Å². The highest BCUT2D eigenvalue weighted by atomic mass is 16.5. The molecule has 0 spiro atoms. The van der Waals surface area contributed by atoms with E-state index in [4.69, 9.17) is 13.6 Å². The molecule has 1 aliphatic rings. The average Bonchev–Trinajstić information content (AvgIpc) is 3.29. The van der Waals surface area contributed by atoms with Crippen LogP contribution in [-0.2, 0) is 6.54 Å². The van der Waals surface area contributed by atoms with Crippen molar-refractivity contribution in [3.63, 3.8) is 0 Å². The summed E-state index contributed by atoms with van der Waals surface area (Å²) in [6.07, 6.45) is 3.96. The SMILES string of the molecule is Cc1ccccc1OC1CCN(Cc2nc(-c3ccco3)oc2C)CC1. The first-order valence-corrected chi connectivity index (χ1v) is 9.14. The third-order valence-corrected chi connectivity index (χ3v) is 4.92. The molecule has 1 aliphatic heterocycles. The lowest BCUT2D eigenvalue weighted by atomic mass is 10.1. The van der Waals surface area contributed by atoms with Crippen LogP contribution in [0, 0.1) is 13.8 Å². The van der Waals surface area contributed by atoms with Crippen molar-refractivity contribution in [3.8, 4) is 17.4 Å². The van der Waals surface area contributed by atoms with Gasteiger partial charge in [-0.1, -0.05) is 18.2 Å². The van der Waals surface area contributed by atoms with E-state index in [0.29, 0.717) is 11.7 Å². The molecule has 3 heterocycles. The largest absolute Gasteiger partial charge is 0.490 e. The quantitative estimate of drug-likeness (QED) is 0.672. The zero-order valence-corrected chi connectivity index (χ0v) is 15.3. The van der Waals surface area contributed by atoms with Crippen LogP contribution >= 0.6 is 0 Å². The number of hydrogen-bond acceptors (Lipinski definition) is 5. The first-order chi connectivity index (χ1) is 12.7. The van der Waals surface area contributed by atoms with Crippen molar-refractivity contribution in [2.24, 2.45) is 0 Å². The van der Waals surface area contributed by atoms with E-state index in [-0.39, 0.29) is 6.10 Å². The van der Waals surface area contributed by atoms with Gasteiger partial charge in [-0.15, -0.1) is 0 Å². The Morgan fingerprint density at radius 3 is 2.65 bits per heavy atom.